The molecule has 3 N–H and O–H groups in total. The number of primary amides is 1. The normalized spacial score (nSPS) is 15.9. The van der Waals surface area contributed by atoms with E-state index in [1.807, 2.05) is 80.6 Å². The minimum atomic E-state index is -0.875. The van der Waals surface area contributed by atoms with Crippen molar-refractivity contribution in [1.82, 2.24) is 5.32 Å². The lowest BCUT2D eigenvalue weighted by Crippen LogP contribution is -2.54. The second-order valence-corrected chi connectivity index (χ2v) is 13.4. The molecule has 7 nitrogen and oxygen atoms in total. The molecule has 4 aromatic rings. The molecule has 1 aliphatic rings. The van der Waals surface area contributed by atoms with Crippen molar-refractivity contribution in [3.05, 3.63) is 114 Å². The van der Waals surface area contributed by atoms with E-state index in [1.165, 1.54) is 5.56 Å². The number of fused-ring (bicyclic) bond motifs is 1. The predicted octanol–water partition coefficient (Wildman–Crippen LogP) is 7.79. The number of aryl methyl sites for hydroxylation is 1. The minimum Gasteiger partial charge on any atom is -0.369 e. The van der Waals surface area contributed by atoms with E-state index in [-0.39, 0.29) is 24.3 Å². The number of nitrogens with two attached hydrogens (primary N) is 1. The Morgan fingerprint density at radius 2 is 1.54 bits per heavy atom. The fourth-order valence-corrected chi connectivity index (χ4v) is 6.69. The highest BCUT2D eigenvalue weighted by Gasteiger charge is 2.39. The summed E-state index contributed by atoms with van der Waals surface area (Å²) in [4.78, 5) is 45.5. The molecule has 4 aromatic carbocycles. The van der Waals surface area contributed by atoms with Gasteiger partial charge in [-0.15, -0.1) is 0 Å². The van der Waals surface area contributed by atoms with E-state index in [2.05, 4.69) is 60.5 Å². The summed E-state index contributed by atoms with van der Waals surface area (Å²) in [5.41, 5.74) is 12.8. The Bertz CT molecular complexity index is 1700. The third-order valence-electron chi connectivity index (χ3n) is 9.21. The molecule has 250 valence electrons. The van der Waals surface area contributed by atoms with Gasteiger partial charge in [0.2, 0.25) is 11.8 Å². The maximum Gasteiger partial charge on any atom is 0.251 e. The zero-order chi connectivity index (χ0) is 34.2. The minimum absolute atomic E-state index is 0.163. The number of hydrogen-bond donors (Lipinski definition) is 2. The Kier molecular flexibility index (Phi) is 11.3. The van der Waals surface area contributed by atoms with E-state index in [0.717, 1.165) is 46.6 Å². The Morgan fingerprint density at radius 1 is 0.854 bits per heavy atom. The van der Waals surface area contributed by atoms with Crippen LogP contribution in [-0.2, 0) is 20.9 Å². The van der Waals surface area contributed by atoms with Gasteiger partial charge in [0.25, 0.3) is 5.91 Å². The van der Waals surface area contributed by atoms with E-state index in [0.29, 0.717) is 19.4 Å². The zero-order valence-corrected chi connectivity index (χ0v) is 28.6. The molecule has 0 saturated carbocycles. The number of rotatable bonds is 13. The van der Waals surface area contributed by atoms with E-state index in [1.54, 1.807) is 4.90 Å². The van der Waals surface area contributed by atoms with Crippen LogP contribution in [0.15, 0.2) is 103 Å². The van der Waals surface area contributed by atoms with Gasteiger partial charge in [0, 0.05) is 17.5 Å². The Balaban J connectivity index is 1.54. The third-order valence-corrected chi connectivity index (χ3v) is 9.21. The second-order valence-electron chi connectivity index (χ2n) is 13.4. The molecule has 3 atom stereocenters. The van der Waals surface area contributed by atoms with Crippen LogP contribution >= 0.6 is 0 Å². The summed E-state index contributed by atoms with van der Waals surface area (Å²) >= 11 is 0. The average Bonchev–Trinajstić information content (AvgIpc) is 3.19. The first-order valence-electron chi connectivity index (χ1n) is 17.1. The van der Waals surface area contributed by atoms with Crippen LogP contribution in [0.3, 0.4) is 0 Å². The molecule has 48 heavy (non-hydrogen) atoms. The highest BCUT2D eigenvalue weighted by atomic mass is 16.2. The van der Waals surface area contributed by atoms with Crippen molar-refractivity contribution in [2.45, 2.75) is 66.0 Å². The summed E-state index contributed by atoms with van der Waals surface area (Å²) in [6, 6.07) is 33.6. The molecular formula is C41H48N4O3. The number of anilines is 3. The first kappa shape index (κ1) is 34.4. The van der Waals surface area contributed by atoms with Gasteiger partial charge in [0.15, 0.2) is 0 Å². The standard InChI is InChI=1S/C41H48N4O3/c1-5-6-17-34(39(42)46)35(24-28(2)3)40(47)43-36-27-44(33-15-8-7-9-16-33)37-18-10-11-19-38(37)45(41(36)48)26-30-13-12-14-32(25-30)31-22-20-29(4)21-23-31/h7-16,18-23,25,28,34-36H,5-6,17,24,26-27H2,1-4H3,(H2,42,46)(H,43,47)/t34-,35+,36?/m0/s1. The van der Waals surface area contributed by atoms with Crippen molar-refractivity contribution in [3.63, 3.8) is 0 Å². The lowest BCUT2D eigenvalue weighted by atomic mass is 9.81. The number of carbonyl (C=O) groups excluding carboxylic acids is 3. The van der Waals surface area contributed by atoms with Gasteiger partial charge in [-0.05, 0) is 72.7 Å². The van der Waals surface area contributed by atoms with Gasteiger partial charge in [-0.1, -0.05) is 112 Å². The van der Waals surface area contributed by atoms with Gasteiger partial charge < -0.3 is 20.9 Å². The van der Waals surface area contributed by atoms with Crippen molar-refractivity contribution >= 4 is 34.8 Å². The monoisotopic (exact) mass is 644 g/mol. The summed E-state index contributed by atoms with van der Waals surface area (Å²) in [5.74, 6) is -2.04. The van der Waals surface area contributed by atoms with Crippen molar-refractivity contribution in [2.24, 2.45) is 23.5 Å². The number of carbonyl (C=O) groups is 3. The van der Waals surface area contributed by atoms with Crippen LogP contribution in [0.5, 0.6) is 0 Å². The van der Waals surface area contributed by atoms with E-state index >= 15 is 0 Å². The fraction of sp³-hybridized carbons (Fsp3) is 0.341. The van der Waals surface area contributed by atoms with Crippen LogP contribution in [-0.4, -0.2) is 30.3 Å². The SMILES string of the molecule is CCCC[C@H](C(N)=O)[C@@H](CC(C)C)C(=O)NC1CN(c2ccccc2)c2ccccc2N(Cc2cccc(-c3ccc(C)cc3)c2)C1=O. The van der Waals surface area contributed by atoms with Gasteiger partial charge >= 0.3 is 0 Å². The smallest absolute Gasteiger partial charge is 0.251 e. The van der Waals surface area contributed by atoms with Gasteiger partial charge in [-0.2, -0.15) is 0 Å². The van der Waals surface area contributed by atoms with E-state index < -0.39 is 23.8 Å². The summed E-state index contributed by atoms with van der Waals surface area (Å²) in [5, 5.41) is 3.14. The van der Waals surface area contributed by atoms with Crippen LogP contribution < -0.4 is 20.9 Å². The molecule has 5 rings (SSSR count). The number of nitrogens with zero attached hydrogens (tertiary/aromatic N) is 2. The largest absolute Gasteiger partial charge is 0.369 e. The topological polar surface area (TPSA) is 95.7 Å². The molecule has 1 unspecified atom stereocenters. The summed E-state index contributed by atoms with van der Waals surface area (Å²) < 4.78 is 0. The summed E-state index contributed by atoms with van der Waals surface area (Å²) in [7, 11) is 0. The van der Waals surface area contributed by atoms with E-state index in [9.17, 15) is 14.4 Å². The van der Waals surface area contributed by atoms with Crippen LogP contribution in [0.2, 0.25) is 0 Å². The molecule has 0 radical (unpaired) electrons. The van der Waals surface area contributed by atoms with Crippen LogP contribution in [0.1, 0.15) is 57.6 Å². The van der Waals surface area contributed by atoms with Gasteiger partial charge in [-0.3, -0.25) is 14.4 Å². The number of nitrogens with one attached hydrogen (secondary N) is 1. The lowest BCUT2D eigenvalue weighted by Gasteiger charge is -2.30. The molecule has 0 aromatic heterocycles. The number of amides is 3. The number of unbranched alkanes of at least 4 members (excludes halogenated alkanes) is 1. The number of benzene rings is 4. The molecule has 0 aliphatic carbocycles. The van der Waals surface area contributed by atoms with Crippen LogP contribution in [0, 0.1) is 24.7 Å². The van der Waals surface area contributed by atoms with Crippen LogP contribution in [0.4, 0.5) is 17.1 Å². The molecular weight excluding hydrogens is 596 g/mol. The van der Waals surface area contributed by atoms with Gasteiger partial charge in [0.1, 0.15) is 6.04 Å². The third kappa shape index (κ3) is 8.14. The number of hydrogen-bond acceptors (Lipinski definition) is 4. The molecule has 1 heterocycles. The maximum atomic E-state index is 14.7. The van der Waals surface area contributed by atoms with Crippen molar-refractivity contribution in [3.8, 4) is 11.1 Å². The summed E-state index contributed by atoms with van der Waals surface area (Å²) in [6.45, 7) is 8.75. The Morgan fingerprint density at radius 3 is 2.21 bits per heavy atom. The lowest BCUT2D eigenvalue weighted by molar-refractivity contribution is -0.136. The highest BCUT2D eigenvalue weighted by molar-refractivity contribution is 6.04. The van der Waals surface area contributed by atoms with Crippen LogP contribution in [0.25, 0.3) is 11.1 Å². The molecule has 0 spiro atoms. The first-order valence-corrected chi connectivity index (χ1v) is 17.1. The molecule has 7 heteroatoms. The quantitative estimate of drug-likeness (QED) is 0.155. The molecule has 1 aliphatic heterocycles. The second kappa shape index (κ2) is 15.8. The molecule has 3 amide bonds. The fourth-order valence-electron chi connectivity index (χ4n) is 6.69. The van der Waals surface area contributed by atoms with E-state index in [4.69, 9.17) is 5.73 Å². The maximum absolute atomic E-state index is 14.7. The Hall–Kier alpha value is -4.91. The molecule has 0 fully saturated rings. The van der Waals surface area contributed by atoms with Crippen molar-refractivity contribution in [2.75, 3.05) is 16.3 Å². The average molecular weight is 645 g/mol. The summed E-state index contributed by atoms with van der Waals surface area (Å²) in [6.07, 6.45) is 2.73. The number of para-hydroxylation sites is 3. The predicted molar refractivity (Wildman–Crippen MR) is 195 cm³/mol. The molecule has 0 bridgehead atoms. The molecule has 0 saturated heterocycles. The zero-order valence-electron chi connectivity index (χ0n) is 28.6. The van der Waals surface area contributed by atoms with Crippen molar-refractivity contribution < 1.29 is 14.4 Å². The first-order chi connectivity index (χ1) is 23.2. The van der Waals surface area contributed by atoms with Crippen molar-refractivity contribution in [1.29, 1.82) is 0 Å². The van der Waals surface area contributed by atoms with Gasteiger partial charge in [0.05, 0.1) is 24.5 Å². The van der Waals surface area contributed by atoms with Gasteiger partial charge in [-0.25, -0.2) is 0 Å². The highest BCUT2D eigenvalue weighted by Crippen LogP contribution is 2.38. The Labute approximate surface area is 285 Å².